The number of nitrogens with two attached hydrogens (primary N) is 1. The molecule has 0 saturated carbocycles. The van der Waals surface area contributed by atoms with E-state index in [0.717, 1.165) is 43.9 Å². The van der Waals surface area contributed by atoms with Gasteiger partial charge in [-0.1, -0.05) is 35.9 Å². The zero-order valence-corrected chi connectivity index (χ0v) is 14.6. The molecule has 0 radical (unpaired) electrons. The Hall–Kier alpha value is -1.95. The third-order valence-corrected chi connectivity index (χ3v) is 4.80. The second kappa shape index (κ2) is 7.95. The predicted octanol–water partition coefficient (Wildman–Crippen LogP) is 2.82. The van der Waals surface area contributed by atoms with E-state index in [0.29, 0.717) is 5.02 Å². The van der Waals surface area contributed by atoms with E-state index in [9.17, 15) is 9.18 Å². The maximum Gasteiger partial charge on any atom is 0.239 e. The molecule has 0 unspecified atom stereocenters. The first-order valence-electron chi connectivity index (χ1n) is 8.28. The van der Waals surface area contributed by atoms with Crippen molar-refractivity contribution in [2.45, 2.75) is 12.6 Å². The summed E-state index contributed by atoms with van der Waals surface area (Å²) < 4.78 is 13.0. The van der Waals surface area contributed by atoms with Gasteiger partial charge in [0.15, 0.2) is 0 Å². The number of rotatable bonds is 5. The molecule has 1 aliphatic rings. The highest BCUT2D eigenvalue weighted by Gasteiger charge is 2.28. The van der Waals surface area contributed by atoms with Crippen LogP contribution in [-0.2, 0) is 11.3 Å². The first-order chi connectivity index (χ1) is 12.0. The molecule has 1 aliphatic heterocycles. The normalized spacial score (nSPS) is 17.4. The summed E-state index contributed by atoms with van der Waals surface area (Å²) in [6.07, 6.45) is 0. The number of piperazine rings is 1. The molecule has 3 rings (SSSR count). The Morgan fingerprint density at radius 2 is 1.64 bits per heavy atom. The molecule has 25 heavy (non-hydrogen) atoms. The molecule has 1 amide bonds. The molecule has 0 bridgehead atoms. The topological polar surface area (TPSA) is 49.6 Å². The van der Waals surface area contributed by atoms with Crippen molar-refractivity contribution in [1.82, 2.24) is 9.80 Å². The summed E-state index contributed by atoms with van der Waals surface area (Å²) in [4.78, 5) is 16.4. The molecule has 2 N–H and O–H groups in total. The maximum atomic E-state index is 13.0. The van der Waals surface area contributed by atoms with Crippen LogP contribution in [0.4, 0.5) is 4.39 Å². The summed E-state index contributed by atoms with van der Waals surface area (Å²) in [5, 5.41) is 0.635. The van der Waals surface area contributed by atoms with Crippen molar-refractivity contribution < 1.29 is 9.18 Å². The number of halogens is 2. The minimum absolute atomic E-state index is 0.221. The summed E-state index contributed by atoms with van der Waals surface area (Å²) in [5.41, 5.74) is 7.59. The Labute approximate surface area is 152 Å². The van der Waals surface area contributed by atoms with Crippen molar-refractivity contribution in [3.63, 3.8) is 0 Å². The van der Waals surface area contributed by atoms with Crippen LogP contribution in [0.15, 0.2) is 48.5 Å². The third kappa shape index (κ3) is 4.57. The first kappa shape index (κ1) is 17.9. The standard InChI is InChI=1S/C19H21ClFN3O/c20-16-5-3-15(4-6-16)18(19(22)25)24-11-9-23(10-12-24)13-14-1-7-17(21)8-2-14/h1-8,18H,9-13H2,(H2,22,25)/t18-/m0/s1. The molecule has 1 saturated heterocycles. The van der Waals surface area contributed by atoms with Gasteiger partial charge in [0.2, 0.25) is 5.91 Å². The molecule has 132 valence electrons. The molecule has 2 aromatic carbocycles. The van der Waals surface area contributed by atoms with Gasteiger partial charge in [0.05, 0.1) is 0 Å². The van der Waals surface area contributed by atoms with E-state index in [1.54, 1.807) is 12.1 Å². The lowest BCUT2D eigenvalue weighted by molar-refractivity contribution is -0.124. The summed E-state index contributed by atoms with van der Waals surface area (Å²) >= 11 is 5.93. The lowest BCUT2D eigenvalue weighted by atomic mass is 10.0. The van der Waals surface area contributed by atoms with Crippen LogP contribution in [0, 0.1) is 5.82 Å². The number of nitrogens with zero attached hydrogens (tertiary/aromatic N) is 2. The van der Waals surface area contributed by atoms with Gasteiger partial charge in [0, 0.05) is 37.7 Å². The molecule has 1 atom stereocenters. The van der Waals surface area contributed by atoms with Crippen LogP contribution < -0.4 is 5.73 Å². The van der Waals surface area contributed by atoms with Crippen LogP contribution in [0.1, 0.15) is 17.2 Å². The van der Waals surface area contributed by atoms with E-state index < -0.39 is 6.04 Å². The van der Waals surface area contributed by atoms with Gasteiger partial charge in [0.25, 0.3) is 0 Å². The molecule has 2 aromatic rings. The highest BCUT2D eigenvalue weighted by molar-refractivity contribution is 6.30. The fourth-order valence-corrected chi connectivity index (χ4v) is 3.35. The van der Waals surface area contributed by atoms with E-state index in [2.05, 4.69) is 9.80 Å². The van der Waals surface area contributed by atoms with Gasteiger partial charge in [-0.3, -0.25) is 14.6 Å². The number of benzene rings is 2. The Balaban J connectivity index is 1.62. The number of carbonyl (C=O) groups is 1. The van der Waals surface area contributed by atoms with E-state index in [4.69, 9.17) is 17.3 Å². The average Bonchev–Trinajstić information content (AvgIpc) is 2.60. The van der Waals surface area contributed by atoms with Crippen LogP contribution in [0.25, 0.3) is 0 Å². The summed E-state index contributed by atoms with van der Waals surface area (Å²) in [6, 6.07) is 13.4. The molecular formula is C19H21ClFN3O. The fraction of sp³-hybridized carbons (Fsp3) is 0.316. The fourth-order valence-electron chi connectivity index (χ4n) is 3.23. The third-order valence-electron chi connectivity index (χ3n) is 4.55. The van der Waals surface area contributed by atoms with Crippen molar-refractivity contribution >= 4 is 17.5 Å². The van der Waals surface area contributed by atoms with Gasteiger partial charge >= 0.3 is 0 Å². The molecular weight excluding hydrogens is 341 g/mol. The van der Waals surface area contributed by atoms with E-state index in [1.165, 1.54) is 12.1 Å². The second-order valence-corrected chi connectivity index (χ2v) is 6.73. The zero-order valence-electron chi connectivity index (χ0n) is 13.9. The monoisotopic (exact) mass is 361 g/mol. The highest BCUT2D eigenvalue weighted by atomic mass is 35.5. The molecule has 0 aromatic heterocycles. The highest BCUT2D eigenvalue weighted by Crippen LogP contribution is 2.24. The van der Waals surface area contributed by atoms with Crippen LogP contribution in [0.2, 0.25) is 5.02 Å². The smallest absolute Gasteiger partial charge is 0.239 e. The van der Waals surface area contributed by atoms with Gasteiger partial charge in [-0.25, -0.2) is 4.39 Å². The van der Waals surface area contributed by atoms with Crippen LogP contribution in [0.3, 0.4) is 0 Å². The minimum atomic E-state index is -0.440. The Kier molecular flexibility index (Phi) is 5.68. The van der Waals surface area contributed by atoms with Gasteiger partial charge < -0.3 is 5.73 Å². The lowest BCUT2D eigenvalue weighted by Gasteiger charge is -2.38. The quantitative estimate of drug-likeness (QED) is 0.891. The second-order valence-electron chi connectivity index (χ2n) is 6.30. The number of amides is 1. The molecule has 6 heteroatoms. The average molecular weight is 362 g/mol. The molecule has 1 fully saturated rings. The van der Waals surface area contributed by atoms with Crippen molar-refractivity contribution in [2.75, 3.05) is 26.2 Å². The molecule has 1 heterocycles. The van der Waals surface area contributed by atoms with Crippen molar-refractivity contribution in [3.05, 3.63) is 70.5 Å². The number of primary amides is 1. The zero-order chi connectivity index (χ0) is 17.8. The van der Waals surface area contributed by atoms with Gasteiger partial charge in [-0.05, 0) is 35.4 Å². The lowest BCUT2D eigenvalue weighted by Crippen LogP contribution is -2.49. The van der Waals surface area contributed by atoms with Gasteiger partial charge in [-0.15, -0.1) is 0 Å². The number of carbonyl (C=O) groups excluding carboxylic acids is 1. The van der Waals surface area contributed by atoms with Gasteiger partial charge in [-0.2, -0.15) is 0 Å². The Bertz CT molecular complexity index is 712. The van der Waals surface area contributed by atoms with Crippen LogP contribution >= 0.6 is 11.6 Å². The summed E-state index contributed by atoms with van der Waals surface area (Å²) in [6.45, 7) is 3.93. The van der Waals surface area contributed by atoms with E-state index in [1.807, 2.05) is 24.3 Å². The number of hydrogen-bond acceptors (Lipinski definition) is 3. The van der Waals surface area contributed by atoms with Crippen molar-refractivity contribution in [1.29, 1.82) is 0 Å². The molecule has 0 spiro atoms. The maximum absolute atomic E-state index is 13.0. The molecule has 4 nitrogen and oxygen atoms in total. The first-order valence-corrected chi connectivity index (χ1v) is 8.66. The SMILES string of the molecule is NC(=O)[C@H](c1ccc(Cl)cc1)N1CCN(Cc2ccc(F)cc2)CC1. The van der Waals surface area contributed by atoms with Gasteiger partial charge in [0.1, 0.15) is 11.9 Å². The summed E-state index contributed by atoms with van der Waals surface area (Å²) in [5.74, 6) is -0.574. The van der Waals surface area contributed by atoms with Crippen molar-refractivity contribution in [2.24, 2.45) is 5.73 Å². The van der Waals surface area contributed by atoms with Crippen LogP contribution in [0.5, 0.6) is 0 Å². The molecule has 0 aliphatic carbocycles. The van der Waals surface area contributed by atoms with E-state index in [-0.39, 0.29) is 11.7 Å². The van der Waals surface area contributed by atoms with Crippen LogP contribution in [-0.4, -0.2) is 41.9 Å². The largest absolute Gasteiger partial charge is 0.368 e. The Morgan fingerprint density at radius 3 is 2.20 bits per heavy atom. The van der Waals surface area contributed by atoms with Crippen molar-refractivity contribution in [3.8, 4) is 0 Å². The minimum Gasteiger partial charge on any atom is -0.368 e. The predicted molar refractivity (Wildman–Crippen MR) is 96.6 cm³/mol. The summed E-state index contributed by atoms with van der Waals surface area (Å²) in [7, 11) is 0. The Morgan fingerprint density at radius 1 is 1.04 bits per heavy atom. The van der Waals surface area contributed by atoms with E-state index >= 15 is 0 Å². The number of hydrogen-bond donors (Lipinski definition) is 1.